The molecular formula is C14H29N3O3. The van der Waals surface area contributed by atoms with Crippen LogP contribution in [0, 0.1) is 0 Å². The number of carbonyl (C=O) groups excluding carboxylic acids is 1. The van der Waals surface area contributed by atoms with Crippen molar-refractivity contribution in [3.63, 3.8) is 0 Å². The smallest absolute Gasteiger partial charge is 0.234 e. The van der Waals surface area contributed by atoms with E-state index in [1.807, 2.05) is 6.92 Å². The van der Waals surface area contributed by atoms with E-state index in [0.717, 1.165) is 26.1 Å². The first kappa shape index (κ1) is 17.4. The van der Waals surface area contributed by atoms with Gasteiger partial charge in [-0.1, -0.05) is 0 Å². The van der Waals surface area contributed by atoms with Crippen LogP contribution in [-0.2, 0) is 9.53 Å². The van der Waals surface area contributed by atoms with Gasteiger partial charge in [-0.3, -0.25) is 14.6 Å². The van der Waals surface area contributed by atoms with Crippen molar-refractivity contribution in [2.24, 2.45) is 0 Å². The van der Waals surface area contributed by atoms with Crippen LogP contribution >= 0.6 is 0 Å². The summed E-state index contributed by atoms with van der Waals surface area (Å²) in [5.41, 5.74) is 0. The van der Waals surface area contributed by atoms with Gasteiger partial charge in [-0.05, 0) is 20.3 Å². The van der Waals surface area contributed by atoms with Crippen molar-refractivity contribution in [3.8, 4) is 0 Å². The van der Waals surface area contributed by atoms with Gasteiger partial charge in [-0.15, -0.1) is 0 Å². The van der Waals surface area contributed by atoms with Gasteiger partial charge in [0.2, 0.25) is 5.91 Å². The fraction of sp³-hybridized carbons (Fsp3) is 0.929. The molecular weight excluding hydrogens is 258 g/mol. The molecule has 118 valence electrons. The summed E-state index contributed by atoms with van der Waals surface area (Å²) in [6.07, 6.45) is 0.550. The van der Waals surface area contributed by atoms with Gasteiger partial charge in [-0.25, -0.2) is 0 Å². The highest BCUT2D eigenvalue weighted by Gasteiger charge is 2.25. The van der Waals surface area contributed by atoms with E-state index in [2.05, 4.69) is 22.0 Å². The molecule has 0 aromatic carbocycles. The molecule has 1 saturated heterocycles. The molecule has 6 nitrogen and oxygen atoms in total. The van der Waals surface area contributed by atoms with E-state index in [1.54, 1.807) is 7.11 Å². The molecule has 0 aromatic rings. The highest BCUT2D eigenvalue weighted by molar-refractivity contribution is 5.77. The molecule has 0 saturated carbocycles. The number of carbonyl (C=O) groups is 1. The number of β-amino-alcohol motifs (C(OH)–C–C–N with tert-alkyl or cyclic N) is 1. The molecule has 2 N–H and O–H groups in total. The molecule has 1 heterocycles. The third kappa shape index (κ3) is 6.65. The summed E-state index contributed by atoms with van der Waals surface area (Å²) < 4.78 is 4.94. The van der Waals surface area contributed by atoms with Crippen LogP contribution in [0.25, 0.3) is 0 Å². The number of piperazine rings is 1. The van der Waals surface area contributed by atoms with Crippen molar-refractivity contribution < 1.29 is 14.6 Å². The molecule has 1 amide bonds. The highest BCUT2D eigenvalue weighted by Crippen LogP contribution is 2.09. The Balaban J connectivity index is 2.21. The molecule has 0 unspecified atom stereocenters. The number of methoxy groups -OCH3 is 1. The largest absolute Gasteiger partial charge is 0.392 e. The Morgan fingerprint density at radius 1 is 1.50 bits per heavy atom. The molecule has 1 aliphatic heterocycles. The van der Waals surface area contributed by atoms with Crippen molar-refractivity contribution in [1.29, 1.82) is 0 Å². The lowest BCUT2D eigenvalue weighted by Gasteiger charge is -2.40. The summed E-state index contributed by atoms with van der Waals surface area (Å²) in [6, 6.07) is 0.375. The summed E-state index contributed by atoms with van der Waals surface area (Å²) in [6.45, 7) is 9.12. The predicted octanol–water partition coefficient (Wildman–Crippen LogP) is -0.474. The maximum absolute atomic E-state index is 11.8. The minimum absolute atomic E-state index is 0.0808. The lowest BCUT2D eigenvalue weighted by Crippen LogP contribution is -2.55. The van der Waals surface area contributed by atoms with Gasteiger partial charge in [0, 0.05) is 52.5 Å². The summed E-state index contributed by atoms with van der Waals surface area (Å²) in [5.74, 6) is 0.0808. The Hall–Kier alpha value is -0.690. The number of ether oxygens (including phenoxy) is 1. The number of hydrogen-bond donors (Lipinski definition) is 2. The lowest BCUT2D eigenvalue weighted by molar-refractivity contribution is -0.123. The SMILES string of the molecule is COCCCNC(=O)CN1CCN(C[C@H](C)O)[C@@H](C)C1. The zero-order valence-electron chi connectivity index (χ0n) is 13.0. The fourth-order valence-electron chi connectivity index (χ4n) is 2.53. The predicted molar refractivity (Wildman–Crippen MR) is 78.7 cm³/mol. The van der Waals surface area contributed by atoms with Crippen LogP contribution in [0.15, 0.2) is 0 Å². The first-order chi connectivity index (χ1) is 9.52. The minimum Gasteiger partial charge on any atom is -0.392 e. The van der Waals surface area contributed by atoms with E-state index in [-0.39, 0.29) is 12.0 Å². The third-order valence-electron chi connectivity index (χ3n) is 3.56. The molecule has 0 aromatic heterocycles. The highest BCUT2D eigenvalue weighted by atomic mass is 16.5. The molecule has 1 fully saturated rings. The van der Waals surface area contributed by atoms with Crippen LogP contribution in [-0.4, -0.2) is 85.9 Å². The molecule has 20 heavy (non-hydrogen) atoms. The van der Waals surface area contributed by atoms with Gasteiger partial charge in [-0.2, -0.15) is 0 Å². The number of nitrogens with zero attached hydrogens (tertiary/aromatic N) is 2. The Morgan fingerprint density at radius 2 is 2.25 bits per heavy atom. The molecule has 0 bridgehead atoms. The molecule has 0 spiro atoms. The summed E-state index contributed by atoms with van der Waals surface area (Å²) >= 11 is 0. The molecule has 1 aliphatic rings. The zero-order valence-corrected chi connectivity index (χ0v) is 13.0. The zero-order chi connectivity index (χ0) is 15.0. The van der Waals surface area contributed by atoms with Gasteiger partial charge in [0.05, 0.1) is 12.6 Å². The normalized spacial score (nSPS) is 22.7. The second kappa shape index (κ2) is 9.28. The van der Waals surface area contributed by atoms with Gasteiger partial charge in [0.1, 0.15) is 0 Å². The molecule has 6 heteroatoms. The van der Waals surface area contributed by atoms with Gasteiger partial charge >= 0.3 is 0 Å². The average Bonchev–Trinajstić information content (AvgIpc) is 2.37. The summed E-state index contributed by atoms with van der Waals surface area (Å²) in [5, 5.41) is 12.4. The van der Waals surface area contributed by atoms with E-state index in [4.69, 9.17) is 4.74 Å². The van der Waals surface area contributed by atoms with Crippen LogP contribution in [0.3, 0.4) is 0 Å². The molecule has 1 rings (SSSR count). The van der Waals surface area contributed by atoms with Crippen molar-refractivity contribution in [2.75, 3.05) is 53.0 Å². The minimum atomic E-state index is -0.298. The number of nitrogens with one attached hydrogen (secondary N) is 1. The van der Waals surface area contributed by atoms with Gasteiger partial charge in [0.15, 0.2) is 0 Å². The van der Waals surface area contributed by atoms with Crippen LogP contribution in [0.4, 0.5) is 0 Å². The number of hydrogen-bond acceptors (Lipinski definition) is 5. The second-order valence-corrected chi connectivity index (χ2v) is 5.62. The number of rotatable bonds is 8. The number of aliphatic hydroxyl groups excluding tert-OH is 1. The second-order valence-electron chi connectivity index (χ2n) is 5.62. The lowest BCUT2D eigenvalue weighted by atomic mass is 10.1. The van der Waals surface area contributed by atoms with Crippen LogP contribution < -0.4 is 5.32 Å². The van der Waals surface area contributed by atoms with Gasteiger partial charge in [0.25, 0.3) is 0 Å². The first-order valence-electron chi connectivity index (χ1n) is 7.43. The third-order valence-corrected chi connectivity index (χ3v) is 3.56. The fourth-order valence-corrected chi connectivity index (χ4v) is 2.53. The van der Waals surface area contributed by atoms with E-state index >= 15 is 0 Å². The van der Waals surface area contributed by atoms with Crippen molar-refractivity contribution in [2.45, 2.75) is 32.4 Å². The van der Waals surface area contributed by atoms with Crippen LogP contribution in [0.2, 0.25) is 0 Å². The Bertz CT molecular complexity index is 287. The Kier molecular flexibility index (Phi) is 8.06. The maximum atomic E-state index is 11.8. The van der Waals surface area contributed by atoms with E-state index in [1.165, 1.54) is 0 Å². The quantitative estimate of drug-likeness (QED) is 0.591. The number of amides is 1. The Morgan fingerprint density at radius 3 is 2.85 bits per heavy atom. The monoisotopic (exact) mass is 287 g/mol. The van der Waals surface area contributed by atoms with Crippen LogP contribution in [0.5, 0.6) is 0 Å². The summed E-state index contributed by atoms with van der Waals surface area (Å²) in [7, 11) is 1.66. The molecule has 0 aliphatic carbocycles. The van der Waals surface area contributed by atoms with Crippen LogP contribution in [0.1, 0.15) is 20.3 Å². The number of aliphatic hydroxyl groups is 1. The average molecular weight is 287 g/mol. The Labute approximate surface area is 122 Å². The first-order valence-corrected chi connectivity index (χ1v) is 7.43. The van der Waals surface area contributed by atoms with Crippen molar-refractivity contribution in [1.82, 2.24) is 15.1 Å². The topological polar surface area (TPSA) is 65.0 Å². The van der Waals surface area contributed by atoms with Crippen molar-refractivity contribution >= 4 is 5.91 Å². The molecule has 0 radical (unpaired) electrons. The van der Waals surface area contributed by atoms with Crippen molar-refractivity contribution in [3.05, 3.63) is 0 Å². The van der Waals surface area contributed by atoms with E-state index < -0.39 is 0 Å². The van der Waals surface area contributed by atoms with E-state index in [9.17, 15) is 9.90 Å². The molecule has 2 atom stereocenters. The van der Waals surface area contributed by atoms with E-state index in [0.29, 0.717) is 32.3 Å². The summed E-state index contributed by atoms with van der Waals surface area (Å²) in [4.78, 5) is 16.2. The standard InChI is InChI=1S/C14H29N3O3/c1-12-9-16(6-7-17(12)10-13(2)18)11-14(19)15-5-4-8-20-3/h12-13,18H,4-11H2,1-3H3,(H,15,19)/t12-,13-/m0/s1. The maximum Gasteiger partial charge on any atom is 0.234 e. The van der Waals surface area contributed by atoms with Gasteiger partial charge < -0.3 is 15.2 Å².